The van der Waals surface area contributed by atoms with Crippen LogP contribution in [0.2, 0.25) is 0 Å². The molecule has 5 nitrogen and oxygen atoms in total. The van der Waals surface area contributed by atoms with Crippen LogP contribution in [0.3, 0.4) is 0 Å². The van der Waals surface area contributed by atoms with Crippen molar-refractivity contribution in [1.29, 1.82) is 0 Å². The molecule has 0 spiro atoms. The fourth-order valence-corrected chi connectivity index (χ4v) is 3.45. The van der Waals surface area contributed by atoms with E-state index in [4.69, 9.17) is 4.52 Å². The topological polar surface area (TPSA) is 67.2 Å². The highest BCUT2D eigenvalue weighted by Crippen LogP contribution is 2.26. The van der Waals surface area contributed by atoms with Crippen LogP contribution in [0.15, 0.2) is 52.4 Å². The van der Waals surface area contributed by atoms with E-state index >= 15 is 0 Å². The first kappa shape index (κ1) is 17.2. The Balaban J connectivity index is 1.77. The van der Waals surface area contributed by atoms with E-state index in [1.807, 2.05) is 17.5 Å². The molecule has 3 rings (SSSR count). The Bertz CT molecular complexity index is 810. The van der Waals surface area contributed by atoms with Gasteiger partial charge in [-0.15, -0.1) is 11.3 Å². The molecule has 2 amide bonds. The number of aryl methyl sites for hydroxylation is 2. The Labute approximate surface area is 151 Å². The smallest absolute Gasteiger partial charge is 0.321 e. The van der Waals surface area contributed by atoms with Crippen LogP contribution in [0.1, 0.15) is 41.2 Å². The van der Waals surface area contributed by atoms with Crippen molar-refractivity contribution in [2.75, 3.05) is 5.32 Å². The van der Waals surface area contributed by atoms with Gasteiger partial charge in [-0.25, -0.2) is 4.79 Å². The number of rotatable bonds is 6. The minimum Gasteiger partial charge on any atom is -0.360 e. The van der Waals surface area contributed by atoms with Gasteiger partial charge in [-0.2, -0.15) is 0 Å². The third kappa shape index (κ3) is 4.48. The molecule has 0 aliphatic heterocycles. The fourth-order valence-electron chi connectivity index (χ4n) is 2.65. The average molecular weight is 355 g/mol. The van der Waals surface area contributed by atoms with Crippen LogP contribution in [0.25, 0.3) is 0 Å². The summed E-state index contributed by atoms with van der Waals surface area (Å²) in [5.41, 5.74) is 2.35. The van der Waals surface area contributed by atoms with E-state index in [1.165, 1.54) is 5.56 Å². The fraction of sp³-hybridized carbons (Fsp3) is 0.263. The number of hydrogen-bond donors (Lipinski definition) is 2. The number of benzene rings is 1. The molecule has 0 radical (unpaired) electrons. The van der Waals surface area contributed by atoms with Gasteiger partial charge < -0.3 is 9.84 Å². The van der Waals surface area contributed by atoms with Gasteiger partial charge in [0, 0.05) is 10.9 Å². The maximum atomic E-state index is 12.4. The van der Waals surface area contributed by atoms with Gasteiger partial charge >= 0.3 is 6.03 Å². The van der Waals surface area contributed by atoms with Crippen molar-refractivity contribution < 1.29 is 9.32 Å². The summed E-state index contributed by atoms with van der Waals surface area (Å²) in [6.07, 6.45) is 2.18. The first-order chi connectivity index (χ1) is 12.2. The summed E-state index contributed by atoms with van der Waals surface area (Å²) < 4.78 is 4.97. The number of aromatic nitrogens is 1. The zero-order valence-corrected chi connectivity index (χ0v) is 15.1. The molecular formula is C19H21N3O2S. The van der Waals surface area contributed by atoms with Gasteiger partial charge in [-0.3, -0.25) is 5.32 Å². The Kier molecular flexibility index (Phi) is 5.50. The minimum atomic E-state index is -0.315. The molecule has 1 aromatic carbocycles. The largest absolute Gasteiger partial charge is 0.360 e. The van der Waals surface area contributed by atoms with Crippen molar-refractivity contribution in [1.82, 2.24) is 10.5 Å². The number of thiophene rings is 1. The van der Waals surface area contributed by atoms with Gasteiger partial charge in [0.15, 0.2) is 5.82 Å². The van der Waals surface area contributed by atoms with Crippen LogP contribution in [0, 0.1) is 6.92 Å². The monoisotopic (exact) mass is 355 g/mol. The van der Waals surface area contributed by atoms with Crippen LogP contribution in [0.5, 0.6) is 0 Å². The summed E-state index contributed by atoms with van der Waals surface area (Å²) in [5.74, 6) is 1.05. The molecule has 0 saturated carbocycles. The van der Waals surface area contributed by atoms with Crippen LogP contribution in [-0.4, -0.2) is 11.2 Å². The highest BCUT2D eigenvalue weighted by molar-refractivity contribution is 7.10. The SMILES string of the molecule is CCCc1ccc([C@@H](NC(=O)Nc2cc(C)on2)c2cccs2)cc1. The van der Waals surface area contributed by atoms with Crippen LogP contribution in [0.4, 0.5) is 10.6 Å². The minimum absolute atomic E-state index is 0.205. The molecule has 6 heteroatoms. The number of carbonyl (C=O) groups excluding carboxylic acids is 1. The lowest BCUT2D eigenvalue weighted by Gasteiger charge is -2.18. The summed E-state index contributed by atoms with van der Waals surface area (Å²) in [4.78, 5) is 13.4. The second-order valence-electron chi connectivity index (χ2n) is 5.86. The predicted octanol–water partition coefficient (Wildman–Crippen LogP) is 4.91. The lowest BCUT2D eigenvalue weighted by Crippen LogP contribution is -2.32. The van der Waals surface area contributed by atoms with E-state index < -0.39 is 0 Å². The van der Waals surface area contributed by atoms with Crippen LogP contribution >= 0.6 is 11.3 Å². The molecule has 130 valence electrons. The van der Waals surface area contributed by atoms with Crippen molar-refractivity contribution in [3.05, 3.63) is 69.6 Å². The third-order valence-electron chi connectivity index (χ3n) is 3.82. The maximum Gasteiger partial charge on any atom is 0.321 e. The zero-order valence-electron chi connectivity index (χ0n) is 14.3. The van der Waals surface area contributed by atoms with Gasteiger partial charge in [0.05, 0.1) is 6.04 Å². The number of anilines is 1. The average Bonchev–Trinajstić information content (AvgIpc) is 3.26. The first-order valence-corrected chi connectivity index (χ1v) is 9.16. The van der Waals surface area contributed by atoms with E-state index in [0.717, 1.165) is 23.3 Å². The van der Waals surface area contributed by atoms with Crippen molar-refractivity contribution in [3.63, 3.8) is 0 Å². The Morgan fingerprint density at radius 2 is 2.08 bits per heavy atom. The molecule has 3 aromatic rings. The third-order valence-corrected chi connectivity index (χ3v) is 4.76. The predicted molar refractivity (Wildman–Crippen MR) is 100.0 cm³/mol. The van der Waals surface area contributed by atoms with E-state index in [9.17, 15) is 4.79 Å². The summed E-state index contributed by atoms with van der Waals surface area (Å²) in [6, 6.07) is 13.6. The Hall–Kier alpha value is -2.60. The second-order valence-corrected chi connectivity index (χ2v) is 6.84. The summed E-state index contributed by atoms with van der Waals surface area (Å²) in [5, 5.41) is 11.5. The molecule has 2 N–H and O–H groups in total. The highest BCUT2D eigenvalue weighted by Gasteiger charge is 2.18. The standard InChI is InChI=1S/C19H21N3O2S/c1-3-5-14-7-9-15(10-8-14)18(16-6-4-11-25-16)21-19(23)20-17-12-13(2)24-22-17/h4,6-12,18H,3,5H2,1-2H3,(H2,20,21,22,23)/t18-/m1/s1. The number of nitrogens with one attached hydrogen (secondary N) is 2. The van der Waals surface area contributed by atoms with Crippen molar-refractivity contribution in [3.8, 4) is 0 Å². The molecule has 0 aliphatic carbocycles. The molecule has 1 atom stereocenters. The van der Waals surface area contributed by atoms with E-state index in [2.05, 4.69) is 47.0 Å². The van der Waals surface area contributed by atoms with Gasteiger partial charge in [0.25, 0.3) is 0 Å². The van der Waals surface area contributed by atoms with Gasteiger partial charge in [-0.05, 0) is 35.9 Å². The Morgan fingerprint density at radius 3 is 2.68 bits per heavy atom. The normalized spacial score (nSPS) is 11.9. The number of carbonyl (C=O) groups is 1. The molecule has 0 unspecified atom stereocenters. The molecular weight excluding hydrogens is 334 g/mol. The highest BCUT2D eigenvalue weighted by atomic mass is 32.1. The van der Waals surface area contributed by atoms with Crippen molar-refractivity contribution >= 4 is 23.2 Å². The van der Waals surface area contributed by atoms with E-state index in [1.54, 1.807) is 24.3 Å². The molecule has 25 heavy (non-hydrogen) atoms. The lowest BCUT2D eigenvalue weighted by atomic mass is 10.0. The van der Waals surface area contributed by atoms with E-state index in [0.29, 0.717) is 11.6 Å². The van der Waals surface area contributed by atoms with Crippen molar-refractivity contribution in [2.45, 2.75) is 32.7 Å². The van der Waals surface area contributed by atoms with E-state index in [-0.39, 0.29) is 12.1 Å². The summed E-state index contributed by atoms with van der Waals surface area (Å²) in [7, 11) is 0. The van der Waals surface area contributed by atoms with Gasteiger partial charge in [0.2, 0.25) is 0 Å². The molecule has 0 saturated heterocycles. The molecule has 2 heterocycles. The lowest BCUT2D eigenvalue weighted by molar-refractivity contribution is 0.250. The van der Waals surface area contributed by atoms with Crippen LogP contribution in [-0.2, 0) is 6.42 Å². The van der Waals surface area contributed by atoms with Gasteiger partial charge in [0.1, 0.15) is 5.76 Å². The quantitative estimate of drug-likeness (QED) is 0.660. The summed E-state index contributed by atoms with van der Waals surface area (Å²) >= 11 is 1.62. The molecule has 2 aromatic heterocycles. The molecule has 0 fully saturated rings. The Morgan fingerprint density at radius 1 is 1.28 bits per heavy atom. The molecule has 0 aliphatic rings. The molecule has 0 bridgehead atoms. The second kappa shape index (κ2) is 7.98. The van der Waals surface area contributed by atoms with Crippen LogP contribution < -0.4 is 10.6 Å². The first-order valence-electron chi connectivity index (χ1n) is 8.29. The number of amides is 2. The number of urea groups is 1. The number of hydrogen-bond acceptors (Lipinski definition) is 4. The maximum absolute atomic E-state index is 12.4. The summed E-state index contributed by atoms with van der Waals surface area (Å²) in [6.45, 7) is 3.95. The number of nitrogens with zero attached hydrogens (tertiary/aromatic N) is 1. The van der Waals surface area contributed by atoms with Crippen molar-refractivity contribution in [2.24, 2.45) is 0 Å². The van der Waals surface area contributed by atoms with Gasteiger partial charge in [-0.1, -0.05) is 48.8 Å². The zero-order chi connectivity index (χ0) is 17.6.